The van der Waals surface area contributed by atoms with Gasteiger partial charge in [0.1, 0.15) is 16.8 Å². The Bertz CT molecular complexity index is 779. The predicted octanol–water partition coefficient (Wildman–Crippen LogP) is 1.08. The van der Waals surface area contributed by atoms with Gasteiger partial charge in [0.15, 0.2) is 0 Å². The van der Waals surface area contributed by atoms with E-state index in [0.29, 0.717) is 45.9 Å². The number of nitrogens with zero attached hydrogens (tertiary/aromatic N) is 4. The first-order chi connectivity index (χ1) is 13.6. The van der Waals surface area contributed by atoms with Gasteiger partial charge in [-0.3, -0.25) is 4.79 Å². The van der Waals surface area contributed by atoms with Gasteiger partial charge in [-0.25, -0.2) is 13.4 Å². The molecule has 1 atom stereocenters. The number of piperidine rings is 1. The third-order valence-electron chi connectivity index (χ3n) is 5.79. The number of carbonyl (C=O) groups is 1. The Hall–Kier alpha value is -1.71. The summed E-state index contributed by atoms with van der Waals surface area (Å²) in [6.07, 6.45) is 5.87. The molecule has 3 fully saturated rings. The van der Waals surface area contributed by atoms with E-state index in [0.717, 1.165) is 37.9 Å². The second kappa shape index (κ2) is 8.34. The molecule has 1 aromatic heterocycles. The van der Waals surface area contributed by atoms with Crippen LogP contribution in [0.1, 0.15) is 32.1 Å². The molecule has 154 valence electrons. The fourth-order valence-corrected chi connectivity index (χ4v) is 5.56. The number of rotatable bonds is 4. The first kappa shape index (κ1) is 19.6. The maximum atomic E-state index is 12.7. The summed E-state index contributed by atoms with van der Waals surface area (Å²) in [4.78, 5) is 21.1. The minimum absolute atomic E-state index is 0.0908. The molecule has 1 unspecified atom stereocenters. The van der Waals surface area contributed by atoms with Crippen LogP contribution in [-0.2, 0) is 19.6 Å². The molecule has 4 heterocycles. The van der Waals surface area contributed by atoms with Crippen molar-refractivity contribution in [2.75, 3.05) is 50.8 Å². The quantitative estimate of drug-likeness (QED) is 0.742. The summed E-state index contributed by atoms with van der Waals surface area (Å²) >= 11 is 0. The zero-order chi connectivity index (χ0) is 19.6. The Morgan fingerprint density at radius 2 is 1.75 bits per heavy atom. The van der Waals surface area contributed by atoms with Gasteiger partial charge in [-0.15, -0.1) is 0 Å². The van der Waals surface area contributed by atoms with Gasteiger partial charge in [0.2, 0.25) is 10.0 Å². The van der Waals surface area contributed by atoms with Gasteiger partial charge in [-0.1, -0.05) is 6.42 Å². The zero-order valence-electron chi connectivity index (χ0n) is 16.1. The van der Waals surface area contributed by atoms with Crippen molar-refractivity contribution in [2.45, 2.75) is 43.1 Å². The van der Waals surface area contributed by atoms with E-state index in [9.17, 15) is 13.2 Å². The molecule has 1 amide bonds. The number of piperazine rings is 1. The van der Waals surface area contributed by atoms with Crippen LogP contribution >= 0.6 is 0 Å². The predicted molar refractivity (Wildman–Crippen MR) is 105 cm³/mol. The Morgan fingerprint density at radius 1 is 1.00 bits per heavy atom. The Balaban J connectivity index is 1.36. The van der Waals surface area contributed by atoms with E-state index in [-0.39, 0.29) is 16.9 Å². The number of hydrogen-bond donors (Lipinski definition) is 0. The summed E-state index contributed by atoms with van der Waals surface area (Å²) in [5.74, 6) is 0.842. The van der Waals surface area contributed by atoms with Gasteiger partial charge in [-0.05, 0) is 37.8 Å². The van der Waals surface area contributed by atoms with Crippen molar-refractivity contribution in [2.24, 2.45) is 0 Å². The lowest BCUT2D eigenvalue weighted by Gasteiger charge is -2.36. The maximum Gasteiger partial charge on any atom is 0.251 e. The Kier molecular flexibility index (Phi) is 5.84. The van der Waals surface area contributed by atoms with E-state index < -0.39 is 10.0 Å². The number of anilines is 1. The number of sulfonamides is 1. The van der Waals surface area contributed by atoms with Crippen molar-refractivity contribution in [1.29, 1.82) is 0 Å². The monoisotopic (exact) mass is 408 g/mol. The molecule has 3 aliphatic rings. The van der Waals surface area contributed by atoms with Gasteiger partial charge < -0.3 is 14.5 Å². The van der Waals surface area contributed by atoms with E-state index in [2.05, 4.69) is 9.88 Å². The third-order valence-corrected chi connectivity index (χ3v) is 7.68. The van der Waals surface area contributed by atoms with Crippen molar-refractivity contribution in [3.05, 3.63) is 18.3 Å². The van der Waals surface area contributed by atoms with Crippen molar-refractivity contribution < 1.29 is 17.9 Å². The maximum absolute atomic E-state index is 12.7. The number of ether oxygens (including phenoxy) is 1. The van der Waals surface area contributed by atoms with Gasteiger partial charge >= 0.3 is 0 Å². The van der Waals surface area contributed by atoms with Crippen molar-refractivity contribution in [3.8, 4) is 0 Å². The molecule has 28 heavy (non-hydrogen) atoms. The average molecular weight is 409 g/mol. The van der Waals surface area contributed by atoms with Gasteiger partial charge in [0, 0.05) is 52.1 Å². The Morgan fingerprint density at radius 3 is 2.36 bits per heavy atom. The summed E-state index contributed by atoms with van der Waals surface area (Å²) in [5.41, 5.74) is 0. The van der Waals surface area contributed by atoms with Crippen LogP contribution < -0.4 is 4.90 Å². The van der Waals surface area contributed by atoms with Crippen molar-refractivity contribution >= 4 is 21.7 Å². The SMILES string of the molecule is O=C(C1CCCO1)N1CCN(c2ccc(S(=O)(=O)N3CCCCC3)cn2)CC1. The van der Waals surface area contributed by atoms with Crippen molar-refractivity contribution in [1.82, 2.24) is 14.2 Å². The van der Waals surface area contributed by atoms with E-state index in [1.54, 1.807) is 16.4 Å². The molecule has 0 N–H and O–H groups in total. The van der Waals surface area contributed by atoms with Crippen LogP contribution in [-0.4, -0.2) is 80.5 Å². The summed E-state index contributed by atoms with van der Waals surface area (Å²) in [6.45, 7) is 4.48. The minimum atomic E-state index is -3.45. The van der Waals surface area contributed by atoms with E-state index in [4.69, 9.17) is 4.74 Å². The highest BCUT2D eigenvalue weighted by atomic mass is 32.2. The molecule has 4 rings (SSSR count). The van der Waals surface area contributed by atoms with Gasteiger partial charge in [0.25, 0.3) is 5.91 Å². The number of amides is 1. The van der Waals surface area contributed by atoms with Gasteiger partial charge in [0.05, 0.1) is 0 Å². The van der Waals surface area contributed by atoms with E-state index >= 15 is 0 Å². The van der Waals surface area contributed by atoms with E-state index in [1.165, 1.54) is 6.20 Å². The van der Waals surface area contributed by atoms with Crippen molar-refractivity contribution in [3.63, 3.8) is 0 Å². The molecule has 0 saturated carbocycles. The second-order valence-corrected chi connectivity index (χ2v) is 9.57. The van der Waals surface area contributed by atoms with Crippen LogP contribution in [0.2, 0.25) is 0 Å². The molecule has 0 aliphatic carbocycles. The smallest absolute Gasteiger partial charge is 0.251 e. The summed E-state index contributed by atoms with van der Waals surface area (Å²) < 4.78 is 32.5. The largest absolute Gasteiger partial charge is 0.368 e. The van der Waals surface area contributed by atoms with Crippen LogP contribution in [0.15, 0.2) is 23.2 Å². The van der Waals surface area contributed by atoms with Crippen LogP contribution in [0.25, 0.3) is 0 Å². The summed E-state index contributed by atoms with van der Waals surface area (Å²) in [7, 11) is -3.45. The topological polar surface area (TPSA) is 83.0 Å². The first-order valence-electron chi connectivity index (χ1n) is 10.2. The first-order valence-corrected chi connectivity index (χ1v) is 11.6. The number of hydrogen-bond acceptors (Lipinski definition) is 6. The number of carbonyl (C=O) groups excluding carboxylic acids is 1. The summed E-state index contributed by atoms with van der Waals surface area (Å²) in [5, 5.41) is 0. The highest BCUT2D eigenvalue weighted by Gasteiger charge is 2.31. The second-order valence-electron chi connectivity index (χ2n) is 7.63. The molecule has 3 saturated heterocycles. The van der Waals surface area contributed by atoms with Crippen LogP contribution in [0.5, 0.6) is 0 Å². The molecule has 0 aromatic carbocycles. The van der Waals surface area contributed by atoms with Crippen LogP contribution in [0, 0.1) is 0 Å². The molecule has 3 aliphatic heterocycles. The van der Waals surface area contributed by atoms with E-state index in [1.807, 2.05) is 4.90 Å². The number of aromatic nitrogens is 1. The zero-order valence-corrected chi connectivity index (χ0v) is 16.9. The lowest BCUT2D eigenvalue weighted by Crippen LogP contribution is -2.51. The van der Waals surface area contributed by atoms with Crippen LogP contribution in [0.3, 0.4) is 0 Å². The Labute approximate surface area is 166 Å². The fraction of sp³-hybridized carbons (Fsp3) is 0.684. The molecule has 8 nitrogen and oxygen atoms in total. The van der Waals surface area contributed by atoms with Gasteiger partial charge in [-0.2, -0.15) is 4.31 Å². The molecule has 0 bridgehead atoms. The lowest BCUT2D eigenvalue weighted by atomic mass is 10.2. The third kappa shape index (κ3) is 4.01. The summed E-state index contributed by atoms with van der Waals surface area (Å²) in [6, 6.07) is 3.42. The standard InChI is InChI=1S/C19H28N4O4S/c24-19(17-5-4-14-27-17)22-12-10-21(11-13-22)18-7-6-16(15-20-18)28(25,26)23-8-2-1-3-9-23/h6-7,15,17H,1-5,8-14H2. The molecule has 0 spiro atoms. The lowest BCUT2D eigenvalue weighted by molar-refractivity contribution is -0.141. The molecule has 0 radical (unpaired) electrons. The number of pyridine rings is 1. The normalized spacial score (nSPS) is 24.5. The molecule has 9 heteroatoms. The average Bonchev–Trinajstić information content (AvgIpc) is 3.29. The molecular formula is C19H28N4O4S. The highest BCUT2D eigenvalue weighted by Crippen LogP contribution is 2.23. The fourth-order valence-electron chi connectivity index (χ4n) is 4.10. The minimum Gasteiger partial charge on any atom is -0.368 e. The molecule has 1 aromatic rings. The van der Waals surface area contributed by atoms with Crippen LogP contribution in [0.4, 0.5) is 5.82 Å². The molecular weight excluding hydrogens is 380 g/mol. The highest BCUT2D eigenvalue weighted by molar-refractivity contribution is 7.89.